The van der Waals surface area contributed by atoms with Gasteiger partial charge in [-0.3, -0.25) is 9.59 Å². The van der Waals surface area contributed by atoms with Gasteiger partial charge in [-0.25, -0.2) is 9.78 Å². The van der Waals surface area contributed by atoms with E-state index >= 15 is 0 Å². The summed E-state index contributed by atoms with van der Waals surface area (Å²) in [5, 5.41) is 5.42. The Labute approximate surface area is 168 Å². The van der Waals surface area contributed by atoms with Gasteiger partial charge in [-0.05, 0) is 43.3 Å². The molecule has 1 aromatic carbocycles. The molecule has 2 aromatic rings. The fourth-order valence-corrected chi connectivity index (χ4v) is 2.99. The number of pyridine rings is 1. The van der Waals surface area contributed by atoms with E-state index < -0.39 is 11.9 Å². The summed E-state index contributed by atoms with van der Waals surface area (Å²) in [6.45, 7) is 4.07. The van der Waals surface area contributed by atoms with Crippen LogP contribution in [-0.2, 0) is 4.79 Å². The van der Waals surface area contributed by atoms with Gasteiger partial charge in [-0.2, -0.15) is 0 Å². The number of rotatable bonds is 5. The molecule has 0 radical (unpaired) electrons. The van der Waals surface area contributed by atoms with Crippen molar-refractivity contribution < 1.29 is 14.4 Å². The minimum absolute atomic E-state index is 0.280. The number of piperazine rings is 1. The number of amides is 4. The SMILES string of the molecule is C[C@@H](NC(=O)N1CCN(c2ccccn2)CC1)C(=O)Nc1ccc(C(N)=O)cc1. The number of hydrogen-bond acceptors (Lipinski definition) is 5. The second kappa shape index (κ2) is 9.05. The van der Waals surface area contributed by atoms with Crippen LogP contribution in [0.3, 0.4) is 0 Å². The van der Waals surface area contributed by atoms with Crippen LogP contribution in [0.2, 0.25) is 0 Å². The van der Waals surface area contributed by atoms with Crippen molar-refractivity contribution in [2.75, 3.05) is 36.4 Å². The van der Waals surface area contributed by atoms with Gasteiger partial charge >= 0.3 is 6.03 Å². The first kappa shape index (κ1) is 20.1. The number of aromatic nitrogens is 1. The Kier molecular flexibility index (Phi) is 6.28. The van der Waals surface area contributed by atoms with Crippen molar-refractivity contribution in [2.24, 2.45) is 5.73 Å². The zero-order chi connectivity index (χ0) is 20.8. The lowest BCUT2D eigenvalue weighted by Crippen LogP contribution is -2.54. The quantitative estimate of drug-likeness (QED) is 0.697. The molecule has 152 valence electrons. The van der Waals surface area contributed by atoms with E-state index in [4.69, 9.17) is 5.73 Å². The lowest BCUT2D eigenvalue weighted by atomic mass is 10.2. The van der Waals surface area contributed by atoms with Crippen LogP contribution < -0.4 is 21.3 Å². The van der Waals surface area contributed by atoms with Gasteiger partial charge in [0.15, 0.2) is 0 Å². The Morgan fingerprint density at radius 2 is 1.72 bits per heavy atom. The van der Waals surface area contributed by atoms with Gasteiger partial charge in [0, 0.05) is 43.6 Å². The highest BCUT2D eigenvalue weighted by atomic mass is 16.2. The van der Waals surface area contributed by atoms with E-state index in [9.17, 15) is 14.4 Å². The van der Waals surface area contributed by atoms with Crippen LogP contribution in [0.4, 0.5) is 16.3 Å². The van der Waals surface area contributed by atoms with Gasteiger partial charge in [-0.1, -0.05) is 6.07 Å². The first-order valence-corrected chi connectivity index (χ1v) is 9.36. The molecule has 9 nitrogen and oxygen atoms in total. The number of nitrogens with two attached hydrogens (primary N) is 1. The molecule has 0 unspecified atom stereocenters. The van der Waals surface area contributed by atoms with E-state index in [-0.39, 0.29) is 11.9 Å². The predicted molar refractivity (Wildman–Crippen MR) is 110 cm³/mol. The third-order valence-corrected chi connectivity index (χ3v) is 4.71. The summed E-state index contributed by atoms with van der Waals surface area (Å²) in [4.78, 5) is 44.0. The van der Waals surface area contributed by atoms with Gasteiger partial charge in [-0.15, -0.1) is 0 Å². The van der Waals surface area contributed by atoms with Crippen molar-refractivity contribution >= 4 is 29.4 Å². The van der Waals surface area contributed by atoms with Gasteiger partial charge < -0.3 is 26.2 Å². The summed E-state index contributed by atoms with van der Waals surface area (Å²) in [5.74, 6) is 0.00612. The zero-order valence-corrected chi connectivity index (χ0v) is 16.2. The molecule has 4 N–H and O–H groups in total. The molecule has 2 heterocycles. The maximum atomic E-state index is 12.5. The molecule has 0 bridgehead atoms. The molecule has 0 spiro atoms. The molecule has 1 aliphatic rings. The number of carbonyl (C=O) groups is 3. The predicted octanol–water partition coefficient (Wildman–Crippen LogP) is 1.04. The minimum Gasteiger partial charge on any atom is -0.366 e. The Balaban J connectivity index is 1.47. The highest BCUT2D eigenvalue weighted by molar-refractivity contribution is 5.97. The number of benzene rings is 1. The van der Waals surface area contributed by atoms with E-state index in [0.29, 0.717) is 37.4 Å². The summed E-state index contributed by atoms with van der Waals surface area (Å²) in [7, 11) is 0. The van der Waals surface area contributed by atoms with E-state index in [1.54, 1.807) is 30.2 Å². The van der Waals surface area contributed by atoms with E-state index in [2.05, 4.69) is 20.5 Å². The third kappa shape index (κ3) is 5.22. The average Bonchev–Trinajstić information content (AvgIpc) is 2.74. The topological polar surface area (TPSA) is 121 Å². The fourth-order valence-electron chi connectivity index (χ4n) is 2.99. The van der Waals surface area contributed by atoms with Gasteiger partial charge in [0.05, 0.1) is 0 Å². The number of anilines is 2. The molecule has 3 rings (SSSR count). The number of primary amides is 1. The van der Waals surface area contributed by atoms with Crippen LogP contribution >= 0.6 is 0 Å². The van der Waals surface area contributed by atoms with Crippen LogP contribution in [-0.4, -0.2) is 60.0 Å². The maximum absolute atomic E-state index is 12.5. The molecule has 1 atom stereocenters. The van der Waals surface area contributed by atoms with E-state index in [1.165, 1.54) is 12.1 Å². The summed E-state index contributed by atoms with van der Waals surface area (Å²) < 4.78 is 0. The molecule has 0 saturated carbocycles. The normalized spacial score (nSPS) is 14.8. The van der Waals surface area contributed by atoms with Crippen molar-refractivity contribution in [1.82, 2.24) is 15.2 Å². The molecule has 0 aliphatic carbocycles. The highest BCUT2D eigenvalue weighted by Gasteiger charge is 2.24. The Morgan fingerprint density at radius 3 is 2.31 bits per heavy atom. The molecular formula is C20H24N6O3. The Hall–Kier alpha value is -3.62. The summed E-state index contributed by atoms with van der Waals surface area (Å²) in [6.07, 6.45) is 1.75. The van der Waals surface area contributed by atoms with E-state index in [0.717, 1.165) is 5.82 Å². The highest BCUT2D eigenvalue weighted by Crippen LogP contribution is 2.13. The van der Waals surface area contributed by atoms with Crippen LogP contribution in [0, 0.1) is 0 Å². The summed E-state index contributed by atoms with van der Waals surface area (Å²) >= 11 is 0. The molecule has 29 heavy (non-hydrogen) atoms. The fraction of sp³-hybridized carbons (Fsp3) is 0.300. The third-order valence-electron chi connectivity index (χ3n) is 4.71. The molecule has 9 heteroatoms. The summed E-state index contributed by atoms with van der Waals surface area (Å²) in [6, 6.07) is 11.0. The first-order valence-electron chi connectivity index (χ1n) is 9.36. The maximum Gasteiger partial charge on any atom is 0.318 e. The molecule has 4 amide bonds. The van der Waals surface area contributed by atoms with Crippen LogP contribution in [0.15, 0.2) is 48.7 Å². The van der Waals surface area contributed by atoms with Gasteiger partial charge in [0.1, 0.15) is 11.9 Å². The number of urea groups is 1. The zero-order valence-electron chi connectivity index (χ0n) is 16.2. The van der Waals surface area contributed by atoms with Gasteiger partial charge in [0.2, 0.25) is 11.8 Å². The van der Waals surface area contributed by atoms with Crippen LogP contribution in [0.25, 0.3) is 0 Å². The van der Waals surface area contributed by atoms with Gasteiger partial charge in [0.25, 0.3) is 0 Å². The number of nitrogens with one attached hydrogen (secondary N) is 2. The van der Waals surface area contributed by atoms with Crippen molar-refractivity contribution in [3.05, 3.63) is 54.2 Å². The van der Waals surface area contributed by atoms with Crippen molar-refractivity contribution in [3.8, 4) is 0 Å². The van der Waals surface area contributed by atoms with Crippen molar-refractivity contribution in [3.63, 3.8) is 0 Å². The first-order chi connectivity index (χ1) is 13.9. The molecule has 1 fully saturated rings. The molecule has 1 aliphatic heterocycles. The largest absolute Gasteiger partial charge is 0.366 e. The smallest absolute Gasteiger partial charge is 0.318 e. The lowest BCUT2D eigenvalue weighted by Gasteiger charge is -2.35. The number of hydrogen-bond donors (Lipinski definition) is 3. The Morgan fingerprint density at radius 1 is 1.03 bits per heavy atom. The standard InChI is InChI=1S/C20H24N6O3/c1-14(19(28)24-16-7-5-15(6-8-16)18(21)27)23-20(29)26-12-10-25(11-13-26)17-4-2-3-9-22-17/h2-9,14H,10-13H2,1H3,(H2,21,27)(H,23,29)(H,24,28)/t14-/m1/s1. The van der Waals surface area contributed by atoms with Crippen LogP contribution in [0.1, 0.15) is 17.3 Å². The lowest BCUT2D eigenvalue weighted by molar-refractivity contribution is -0.117. The second-order valence-electron chi connectivity index (χ2n) is 6.76. The minimum atomic E-state index is -0.716. The van der Waals surface area contributed by atoms with Crippen molar-refractivity contribution in [1.29, 1.82) is 0 Å². The molecule has 1 saturated heterocycles. The molecule has 1 aromatic heterocycles. The average molecular weight is 396 g/mol. The van der Waals surface area contributed by atoms with Crippen molar-refractivity contribution in [2.45, 2.75) is 13.0 Å². The monoisotopic (exact) mass is 396 g/mol. The molecular weight excluding hydrogens is 372 g/mol. The second-order valence-corrected chi connectivity index (χ2v) is 6.76. The van der Waals surface area contributed by atoms with E-state index in [1.807, 2.05) is 18.2 Å². The number of nitrogens with zero attached hydrogens (tertiary/aromatic N) is 3. The van der Waals surface area contributed by atoms with Crippen LogP contribution in [0.5, 0.6) is 0 Å². The Bertz CT molecular complexity index is 864. The number of carbonyl (C=O) groups excluding carboxylic acids is 3. The summed E-state index contributed by atoms with van der Waals surface area (Å²) in [5.41, 5.74) is 6.07.